The molecule has 1 aromatic heterocycles. The highest BCUT2D eigenvalue weighted by Gasteiger charge is 2.26. The number of nitrogens with one attached hydrogen (secondary N) is 2. The molecular weight excluding hydrogens is 362 g/mol. The van der Waals surface area contributed by atoms with E-state index in [9.17, 15) is 9.59 Å². The number of anilines is 1. The van der Waals surface area contributed by atoms with Crippen LogP contribution in [0.1, 0.15) is 43.2 Å². The number of nitrogens with zero attached hydrogens (tertiary/aromatic N) is 3. The molecule has 144 valence electrons. The summed E-state index contributed by atoms with van der Waals surface area (Å²) >= 11 is 1.36. The van der Waals surface area contributed by atoms with Gasteiger partial charge >= 0.3 is 6.03 Å². The van der Waals surface area contributed by atoms with Gasteiger partial charge in [0.25, 0.3) is 0 Å². The highest BCUT2D eigenvalue weighted by Crippen LogP contribution is 2.22. The Hall–Kier alpha value is -2.48. The third-order valence-electron chi connectivity index (χ3n) is 4.45. The van der Waals surface area contributed by atoms with Crippen LogP contribution in [0.5, 0.6) is 0 Å². The lowest BCUT2D eigenvalue weighted by Gasteiger charge is -2.22. The zero-order valence-electron chi connectivity index (χ0n) is 15.6. The molecule has 0 radical (unpaired) electrons. The Kier molecular flexibility index (Phi) is 6.39. The van der Waals surface area contributed by atoms with E-state index in [-0.39, 0.29) is 17.9 Å². The normalized spacial score (nSPS) is 15.0. The molecule has 1 aromatic carbocycles. The monoisotopic (exact) mass is 387 g/mol. The average Bonchev–Trinajstić information content (AvgIpc) is 3.34. The molecule has 27 heavy (non-hydrogen) atoms. The minimum Gasteiger partial charge on any atom is -0.326 e. The number of carbonyl (C=O) groups excluding carboxylic acids is 2. The summed E-state index contributed by atoms with van der Waals surface area (Å²) in [6.07, 6.45) is 2.43. The fourth-order valence-electron chi connectivity index (χ4n) is 2.93. The highest BCUT2D eigenvalue weighted by atomic mass is 32.1. The van der Waals surface area contributed by atoms with Gasteiger partial charge in [-0.05, 0) is 18.4 Å². The van der Waals surface area contributed by atoms with Crippen molar-refractivity contribution in [3.8, 4) is 0 Å². The number of amides is 3. The maximum atomic E-state index is 12.8. The fraction of sp³-hybridized carbons (Fsp3) is 0.474. The van der Waals surface area contributed by atoms with E-state index in [4.69, 9.17) is 0 Å². The van der Waals surface area contributed by atoms with Gasteiger partial charge in [-0.2, -0.15) is 0 Å². The number of urea groups is 1. The van der Waals surface area contributed by atoms with Gasteiger partial charge < -0.3 is 10.2 Å². The number of likely N-dealkylation sites (tertiary alicyclic amines) is 1. The topological polar surface area (TPSA) is 87.2 Å². The van der Waals surface area contributed by atoms with Gasteiger partial charge in [0.15, 0.2) is 0 Å². The van der Waals surface area contributed by atoms with E-state index in [0.717, 1.165) is 36.5 Å². The Morgan fingerprint density at radius 1 is 1.15 bits per heavy atom. The molecule has 3 rings (SSSR count). The van der Waals surface area contributed by atoms with Crippen molar-refractivity contribution in [3.63, 3.8) is 0 Å². The number of hydrogen-bond acceptors (Lipinski definition) is 5. The van der Waals surface area contributed by atoms with Gasteiger partial charge in [-0.25, -0.2) is 4.79 Å². The van der Waals surface area contributed by atoms with Gasteiger partial charge in [-0.3, -0.25) is 10.1 Å². The van der Waals surface area contributed by atoms with Crippen molar-refractivity contribution in [3.05, 3.63) is 40.9 Å². The molecule has 1 saturated heterocycles. The van der Waals surface area contributed by atoms with E-state index in [1.54, 1.807) is 4.90 Å². The van der Waals surface area contributed by atoms with Gasteiger partial charge in [0.2, 0.25) is 11.0 Å². The first-order valence-electron chi connectivity index (χ1n) is 9.26. The maximum Gasteiger partial charge on any atom is 0.318 e. The van der Waals surface area contributed by atoms with E-state index in [1.165, 1.54) is 11.3 Å². The molecule has 0 aliphatic carbocycles. The van der Waals surface area contributed by atoms with Crippen LogP contribution in [-0.4, -0.2) is 46.2 Å². The van der Waals surface area contributed by atoms with Crippen molar-refractivity contribution in [1.29, 1.82) is 0 Å². The van der Waals surface area contributed by atoms with Crippen LogP contribution in [0.15, 0.2) is 30.3 Å². The fourth-order valence-corrected chi connectivity index (χ4v) is 3.68. The molecule has 1 atom stereocenters. The van der Waals surface area contributed by atoms with Crippen molar-refractivity contribution >= 4 is 28.4 Å². The van der Waals surface area contributed by atoms with E-state index in [2.05, 4.69) is 20.8 Å². The standard InChI is InChI=1S/C19H25N5O2S/c1-13(2)17-22-23-18(27-17)21-16(25)15(12-14-8-4-3-5-9-14)20-19(26)24-10-6-7-11-24/h3-5,8-9,13,15H,6-7,10-12H2,1-2H3,(H,20,26)(H,21,23,25). The van der Waals surface area contributed by atoms with E-state index in [1.807, 2.05) is 44.2 Å². The molecule has 1 unspecified atom stereocenters. The summed E-state index contributed by atoms with van der Waals surface area (Å²) < 4.78 is 0. The third kappa shape index (κ3) is 5.26. The smallest absolute Gasteiger partial charge is 0.318 e. The Labute approximate surface area is 163 Å². The van der Waals surface area contributed by atoms with Crippen LogP contribution in [-0.2, 0) is 11.2 Å². The number of carbonyl (C=O) groups is 2. The molecule has 2 heterocycles. The number of aromatic nitrogens is 2. The average molecular weight is 388 g/mol. The van der Waals surface area contributed by atoms with E-state index in [0.29, 0.717) is 11.6 Å². The van der Waals surface area contributed by atoms with Gasteiger partial charge in [-0.1, -0.05) is 55.5 Å². The third-order valence-corrected chi connectivity index (χ3v) is 5.59. The van der Waals surface area contributed by atoms with Crippen LogP contribution < -0.4 is 10.6 Å². The minimum atomic E-state index is -0.674. The van der Waals surface area contributed by atoms with Gasteiger partial charge in [-0.15, -0.1) is 10.2 Å². The summed E-state index contributed by atoms with van der Waals surface area (Å²) in [4.78, 5) is 27.1. The first kappa shape index (κ1) is 19.3. The molecule has 8 heteroatoms. The lowest BCUT2D eigenvalue weighted by molar-refractivity contribution is -0.118. The van der Waals surface area contributed by atoms with Crippen molar-refractivity contribution in [2.75, 3.05) is 18.4 Å². The minimum absolute atomic E-state index is 0.191. The van der Waals surface area contributed by atoms with E-state index < -0.39 is 6.04 Å². The predicted octanol–water partition coefficient (Wildman–Crippen LogP) is 3.02. The lowest BCUT2D eigenvalue weighted by atomic mass is 10.1. The molecule has 0 bridgehead atoms. The summed E-state index contributed by atoms with van der Waals surface area (Å²) in [5.74, 6) is -0.0269. The second-order valence-electron chi connectivity index (χ2n) is 6.98. The second-order valence-corrected chi connectivity index (χ2v) is 7.98. The van der Waals surface area contributed by atoms with Crippen molar-refractivity contribution in [2.24, 2.45) is 0 Å². The van der Waals surface area contributed by atoms with Gasteiger partial charge in [0, 0.05) is 25.4 Å². The summed E-state index contributed by atoms with van der Waals surface area (Å²) in [6, 6.07) is 8.80. The zero-order valence-corrected chi connectivity index (χ0v) is 16.5. The first-order chi connectivity index (χ1) is 13.0. The van der Waals surface area contributed by atoms with Gasteiger partial charge in [0.1, 0.15) is 11.0 Å². The van der Waals surface area contributed by atoms with Crippen LogP contribution in [0.2, 0.25) is 0 Å². The van der Waals surface area contributed by atoms with Crippen molar-refractivity contribution < 1.29 is 9.59 Å². The molecule has 2 N–H and O–H groups in total. The molecule has 0 spiro atoms. The number of hydrogen-bond donors (Lipinski definition) is 2. The second kappa shape index (κ2) is 8.94. The first-order valence-corrected chi connectivity index (χ1v) is 10.1. The lowest BCUT2D eigenvalue weighted by Crippen LogP contribution is -2.49. The largest absolute Gasteiger partial charge is 0.326 e. The van der Waals surface area contributed by atoms with Crippen LogP contribution in [0.25, 0.3) is 0 Å². The molecule has 2 aromatic rings. The SMILES string of the molecule is CC(C)c1nnc(NC(=O)C(Cc2ccccc2)NC(=O)N2CCCC2)s1. The summed E-state index contributed by atoms with van der Waals surface area (Å²) in [7, 11) is 0. The van der Waals surface area contributed by atoms with Crippen molar-refractivity contribution in [2.45, 2.75) is 45.1 Å². The number of rotatable bonds is 6. The summed E-state index contributed by atoms with van der Waals surface area (Å²) in [6.45, 7) is 5.53. The van der Waals surface area contributed by atoms with Gasteiger partial charge in [0.05, 0.1) is 0 Å². The van der Waals surface area contributed by atoms with Crippen LogP contribution in [0.3, 0.4) is 0 Å². The Balaban J connectivity index is 1.70. The van der Waals surface area contributed by atoms with Crippen molar-refractivity contribution in [1.82, 2.24) is 20.4 Å². The highest BCUT2D eigenvalue weighted by molar-refractivity contribution is 7.15. The number of benzene rings is 1. The molecule has 1 aliphatic heterocycles. The Morgan fingerprint density at radius 2 is 1.85 bits per heavy atom. The van der Waals surface area contributed by atoms with Crippen LogP contribution >= 0.6 is 11.3 Å². The molecule has 1 fully saturated rings. The summed E-state index contributed by atoms with van der Waals surface area (Å²) in [5.41, 5.74) is 0.986. The molecule has 7 nitrogen and oxygen atoms in total. The van der Waals surface area contributed by atoms with Crippen LogP contribution in [0.4, 0.5) is 9.93 Å². The molecule has 0 saturated carbocycles. The Morgan fingerprint density at radius 3 is 2.48 bits per heavy atom. The maximum absolute atomic E-state index is 12.8. The van der Waals surface area contributed by atoms with E-state index >= 15 is 0 Å². The zero-order chi connectivity index (χ0) is 19.2. The molecular formula is C19H25N5O2S. The Bertz CT molecular complexity index is 771. The van der Waals surface area contributed by atoms with Crippen LogP contribution in [0, 0.1) is 0 Å². The molecule has 3 amide bonds. The quantitative estimate of drug-likeness (QED) is 0.798. The molecule has 1 aliphatic rings. The predicted molar refractivity (Wildman–Crippen MR) is 106 cm³/mol. The summed E-state index contributed by atoms with van der Waals surface area (Å²) in [5, 5.41) is 15.1.